The third-order valence-corrected chi connectivity index (χ3v) is 5.74. The Morgan fingerprint density at radius 2 is 1.79 bits per heavy atom. The van der Waals surface area contributed by atoms with Gasteiger partial charge < -0.3 is 19.9 Å². The Labute approximate surface area is 176 Å². The van der Waals surface area contributed by atoms with Crippen LogP contribution in [0.5, 0.6) is 0 Å². The molecule has 0 aliphatic carbocycles. The molecule has 2 aliphatic heterocycles. The third-order valence-electron chi connectivity index (χ3n) is 5.50. The summed E-state index contributed by atoms with van der Waals surface area (Å²) >= 11 is 6.11. The minimum absolute atomic E-state index is 0.0376. The van der Waals surface area contributed by atoms with E-state index in [9.17, 15) is 14.4 Å². The van der Waals surface area contributed by atoms with Crippen LogP contribution in [-0.4, -0.2) is 66.9 Å². The van der Waals surface area contributed by atoms with Gasteiger partial charge in [0.2, 0.25) is 5.91 Å². The molecule has 0 unspecified atom stereocenters. The SMILES string of the molecule is CCOC(=O)C1CCN(C(=O)CNc2cc(Cl)ccc2C(=O)N2CCCC2)CC1. The summed E-state index contributed by atoms with van der Waals surface area (Å²) in [6, 6.07) is 5.09. The summed E-state index contributed by atoms with van der Waals surface area (Å²) in [6.07, 6.45) is 3.26. The van der Waals surface area contributed by atoms with E-state index in [0.717, 1.165) is 25.9 Å². The standard InChI is InChI=1S/C21H28ClN3O4/c1-2-29-21(28)15-7-11-24(12-8-15)19(26)14-23-18-13-16(22)5-6-17(18)20(27)25-9-3-4-10-25/h5-6,13,15,23H,2-4,7-12,14H2,1H3. The average molecular weight is 422 g/mol. The fourth-order valence-electron chi connectivity index (χ4n) is 3.85. The minimum atomic E-state index is -0.179. The number of anilines is 1. The van der Waals surface area contributed by atoms with Gasteiger partial charge in [-0.2, -0.15) is 0 Å². The summed E-state index contributed by atoms with van der Waals surface area (Å²) in [7, 11) is 0. The van der Waals surface area contributed by atoms with Gasteiger partial charge in [-0.25, -0.2) is 0 Å². The molecule has 0 bridgehead atoms. The molecule has 1 aromatic rings. The number of amides is 2. The summed E-state index contributed by atoms with van der Waals surface area (Å²) in [5.74, 6) is -0.414. The number of esters is 1. The number of halogens is 1. The number of nitrogens with one attached hydrogen (secondary N) is 1. The van der Waals surface area contributed by atoms with Gasteiger partial charge in [-0.1, -0.05) is 11.6 Å². The number of piperidine rings is 1. The lowest BCUT2D eigenvalue weighted by atomic mass is 9.97. The second kappa shape index (κ2) is 9.96. The van der Waals surface area contributed by atoms with E-state index in [-0.39, 0.29) is 30.2 Å². The monoisotopic (exact) mass is 421 g/mol. The molecule has 2 heterocycles. The van der Waals surface area contributed by atoms with E-state index < -0.39 is 0 Å². The first kappa shape index (κ1) is 21.4. The first-order chi connectivity index (χ1) is 14.0. The van der Waals surface area contributed by atoms with Gasteiger partial charge in [0.15, 0.2) is 0 Å². The molecule has 0 spiro atoms. The van der Waals surface area contributed by atoms with Gasteiger partial charge in [0, 0.05) is 36.9 Å². The first-order valence-electron chi connectivity index (χ1n) is 10.3. The van der Waals surface area contributed by atoms with Crippen LogP contribution in [0.1, 0.15) is 43.0 Å². The van der Waals surface area contributed by atoms with Crippen LogP contribution in [0.15, 0.2) is 18.2 Å². The maximum absolute atomic E-state index is 12.8. The van der Waals surface area contributed by atoms with Crippen molar-refractivity contribution in [3.63, 3.8) is 0 Å². The fourth-order valence-corrected chi connectivity index (χ4v) is 4.02. The van der Waals surface area contributed by atoms with Crippen LogP contribution >= 0.6 is 11.6 Å². The normalized spacial score (nSPS) is 17.3. The van der Waals surface area contributed by atoms with Crippen molar-refractivity contribution < 1.29 is 19.1 Å². The number of hydrogen-bond acceptors (Lipinski definition) is 5. The molecule has 8 heteroatoms. The van der Waals surface area contributed by atoms with Crippen molar-refractivity contribution in [2.24, 2.45) is 5.92 Å². The first-order valence-corrected chi connectivity index (χ1v) is 10.6. The zero-order valence-corrected chi connectivity index (χ0v) is 17.5. The van der Waals surface area contributed by atoms with E-state index in [2.05, 4.69) is 5.32 Å². The average Bonchev–Trinajstić information content (AvgIpc) is 3.27. The largest absolute Gasteiger partial charge is 0.466 e. The second-order valence-corrected chi connectivity index (χ2v) is 7.89. The quantitative estimate of drug-likeness (QED) is 0.714. The van der Waals surface area contributed by atoms with Crippen molar-refractivity contribution in [2.75, 3.05) is 44.6 Å². The lowest BCUT2D eigenvalue weighted by Crippen LogP contribution is -2.43. The van der Waals surface area contributed by atoms with Crippen LogP contribution in [0, 0.1) is 5.92 Å². The van der Waals surface area contributed by atoms with Crippen molar-refractivity contribution in [1.29, 1.82) is 0 Å². The molecule has 0 saturated carbocycles. The van der Waals surface area contributed by atoms with Gasteiger partial charge in [-0.05, 0) is 50.8 Å². The van der Waals surface area contributed by atoms with Crippen LogP contribution < -0.4 is 5.32 Å². The molecule has 2 amide bonds. The molecule has 2 fully saturated rings. The minimum Gasteiger partial charge on any atom is -0.466 e. The Bertz CT molecular complexity index is 756. The fraction of sp³-hybridized carbons (Fsp3) is 0.571. The zero-order chi connectivity index (χ0) is 20.8. The molecule has 0 atom stereocenters. The lowest BCUT2D eigenvalue weighted by Gasteiger charge is -2.31. The zero-order valence-electron chi connectivity index (χ0n) is 16.8. The number of ether oxygens (including phenoxy) is 1. The van der Waals surface area contributed by atoms with E-state index in [1.807, 2.05) is 4.90 Å². The van der Waals surface area contributed by atoms with Crippen molar-refractivity contribution in [3.8, 4) is 0 Å². The predicted octanol–water partition coefficient (Wildman–Crippen LogP) is 2.79. The Balaban J connectivity index is 1.57. The summed E-state index contributed by atoms with van der Waals surface area (Å²) in [5, 5.41) is 3.60. The van der Waals surface area contributed by atoms with Crippen LogP contribution in [0.4, 0.5) is 5.69 Å². The number of nitrogens with zero attached hydrogens (tertiary/aromatic N) is 2. The number of hydrogen-bond donors (Lipinski definition) is 1. The van der Waals surface area contributed by atoms with Gasteiger partial charge >= 0.3 is 5.97 Å². The summed E-state index contributed by atoms with van der Waals surface area (Å²) in [6.45, 7) is 4.81. The van der Waals surface area contributed by atoms with E-state index in [1.54, 1.807) is 30.0 Å². The maximum Gasteiger partial charge on any atom is 0.309 e. The van der Waals surface area contributed by atoms with Crippen LogP contribution in [0.25, 0.3) is 0 Å². The number of carbonyl (C=O) groups excluding carboxylic acids is 3. The van der Waals surface area contributed by atoms with E-state index >= 15 is 0 Å². The van der Waals surface area contributed by atoms with Crippen LogP contribution in [0.2, 0.25) is 5.02 Å². The van der Waals surface area contributed by atoms with E-state index in [1.165, 1.54) is 0 Å². The summed E-state index contributed by atoms with van der Waals surface area (Å²) < 4.78 is 5.07. The van der Waals surface area contributed by atoms with Gasteiger partial charge in [-0.3, -0.25) is 14.4 Å². The Hall–Kier alpha value is -2.28. The molecule has 1 N–H and O–H groups in total. The van der Waals surface area contributed by atoms with E-state index in [4.69, 9.17) is 16.3 Å². The van der Waals surface area contributed by atoms with Crippen LogP contribution in [0.3, 0.4) is 0 Å². The number of rotatable bonds is 6. The smallest absolute Gasteiger partial charge is 0.309 e. The molecule has 3 rings (SSSR count). The highest BCUT2D eigenvalue weighted by Gasteiger charge is 2.28. The number of benzene rings is 1. The van der Waals surface area contributed by atoms with Crippen molar-refractivity contribution in [3.05, 3.63) is 28.8 Å². The Kier molecular flexibility index (Phi) is 7.36. The predicted molar refractivity (Wildman–Crippen MR) is 111 cm³/mol. The molecular weight excluding hydrogens is 394 g/mol. The topological polar surface area (TPSA) is 79.0 Å². The van der Waals surface area contributed by atoms with E-state index in [0.29, 0.717) is 48.8 Å². The molecule has 1 aromatic carbocycles. The molecule has 7 nitrogen and oxygen atoms in total. The summed E-state index contributed by atoms with van der Waals surface area (Å²) in [4.78, 5) is 40.8. The number of likely N-dealkylation sites (tertiary alicyclic amines) is 2. The highest BCUT2D eigenvalue weighted by molar-refractivity contribution is 6.31. The van der Waals surface area contributed by atoms with Gasteiger partial charge in [-0.15, -0.1) is 0 Å². The summed E-state index contributed by atoms with van der Waals surface area (Å²) in [5.41, 5.74) is 1.11. The molecular formula is C21H28ClN3O4. The molecule has 29 heavy (non-hydrogen) atoms. The second-order valence-electron chi connectivity index (χ2n) is 7.45. The Morgan fingerprint density at radius 1 is 1.10 bits per heavy atom. The molecule has 158 valence electrons. The highest BCUT2D eigenvalue weighted by atomic mass is 35.5. The third kappa shape index (κ3) is 5.41. The Morgan fingerprint density at radius 3 is 2.45 bits per heavy atom. The van der Waals surface area contributed by atoms with Crippen molar-refractivity contribution >= 4 is 35.1 Å². The van der Waals surface area contributed by atoms with Gasteiger partial charge in [0.1, 0.15) is 0 Å². The van der Waals surface area contributed by atoms with Gasteiger partial charge in [0.25, 0.3) is 5.91 Å². The lowest BCUT2D eigenvalue weighted by molar-refractivity contribution is -0.151. The maximum atomic E-state index is 12.8. The molecule has 0 aromatic heterocycles. The van der Waals surface area contributed by atoms with Crippen molar-refractivity contribution in [1.82, 2.24) is 9.80 Å². The molecule has 2 saturated heterocycles. The van der Waals surface area contributed by atoms with Gasteiger partial charge in [0.05, 0.1) is 24.6 Å². The number of carbonyl (C=O) groups is 3. The molecule has 2 aliphatic rings. The molecule has 0 radical (unpaired) electrons. The van der Waals surface area contributed by atoms with Crippen LogP contribution in [-0.2, 0) is 14.3 Å². The highest BCUT2D eigenvalue weighted by Crippen LogP contribution is 2.24. The van der Waals surface area contributed by atoms with Crippen molar-refractivity contribution in [2.45, 2.75) is 32.6 Å².